The molecule has 1 atom stereocenters. The number of rotatable bonds is 4. The molecule has 6 nitrogen and oxygen atoms in total. The average Bonchev–Trinajstić information content (AvgIpc) is 2.62. The lowest BCUT2D eigenvalue weighted by Gasteiger charge is -2.27. The van der Waals surface area contributed by atoms with E-state index in [4.69, 9.17) is 28.5 Å². The second-order valence-electron chi connectivity index (χ2n) is 6.24. The molecule has 0 aliphatic carbocycles. The SMILES string of the molecule is N#CCc1ccc(NC(=O)/C=C2\CC(C(=O)O)Nc3cc(Cl)cc(Cl)c32)cc1. The molecule has 1 heterocycles. The minimum Gasteiger partial charge on any atom is -0.480 e. The lowest BCUT2D eigenvalue weighted by molar-refractivity contribution is -0.137. The summed E-state index contributed by atoms with van der Waals surface area (Å²) in [6.45, 7) is 0. The van der Waals surface area contributed by atoms with Crippen LogP contribution in [-0.4, -0.2) is 23.0 Å². The van der Waals surface area contributed by atoms with Crippen molar-refractivity contribution in [3.05, 3.63) is 63.6 Å². The summed E-state index contributed by atoms with van der Waals surface area (Å²) in [7, 11) is 0. The smallest absolute Gasteiger partial charge is 0.326 e. The number of carboxylic acids is 1. The summed E-state index contributed by atoms with van der Waals surface area (Å²) in [6.07, 6.45) is 1.73. The third-order valence-electron chi connectivity index (χ3n) is 4.24. The van der Waals surface area contributed by atoms with Gasteiger partial charge in [0.15, 0.2) is 0 Å². The van der Waals surface area contributed by atoms with E-state index in [1.807, 2.05) is 0 Å². The van der Waals surface area contributed by atoms with Crippen LogP contribution in [0.2, 0.25) is 10.0 Å². The molecule has 1 unspecified atom stereocenters. The van der Waals surface area contributed by atoms with Crippen LogP contribution in [0.4, 0.5) is 11.4 Å². The fraction of sp³-hybridized carbons (Fsp3) is 0.150. The molecule has 0 bridgehead atoms. The van der Waals surface area contributed by atoms with Gasteiger partial charge in [0, 0.05) is 34.5 Å². The fourth-order valence-electron chi connectivity index (χ4n) is 2.99. The van der Waals surface area contributed by atoms with Gasteiger partial charge in [0.1, 0.15) is 6.04 Å². The van der Waals surface area contributed by atoms with Crippen molar-refractivity contribution in [3.8, 4) is 6.07 Å². The van der Waals surface area contributed by atoms with Crippen LogP contribution < -0.4 is 10.6 Å². The summed E-state index contributed by atoms with van der Waals surface area (Å²) in [6, 6.07) is 11.2. The molecule has 8 heteroatoms. The van der Waals surface area contributed by atoms with E-state index in [9.17, 15) is 14.7 Å². The van der Waals surface area contributed by atoms with Crippen LogP contribution in [0, 0.1) is 11.3 Å². The largest absolute Gasteiger partial charge is 0.480 e. The van der Waals surface area contributed by atoms with Gasteiger partial charge in [0.05, 0.1) is 17.5 Å². The van der Waals surface area contributed by atoms with Crippen molar-refractivity contribution in [2.45, 2.75) is 18.9 Å². The van der Waals surface area contributed by atoms with Gasteiger partial charge in [-0.25, -0.2) is 4.79 Å². The fourth-order valence-corrected chi connectivity index (χ4v) is 3.60. The van der Waals surface area contributed by atoms with Gasteiger partial charge in [-0.05, 0) is 35.4 Å². The molecule has 1 aliphatic rings. The third-order valence-corrected chi connectivity index (χ3v) is 4.75. The van der Waals surface area contributed by atoms with Gasteiger partial charge >= 0.3 is 5.97 Å². The Kier molecular flexibility index (Phi) is 5.88. The highest BCUT2D eigenvalue weighted by atomic mass is 35.5. The van der Waals surface area contributed by atoms with E-state index in [-0.39, 0.29) is 6.42 Å². The maximum atomic E-state index is 12.5. The first-order valence-electron chi connectivity index (χ1n) is 8.33. The van der Waals surface area contributed by atoms with Gasteiger partial charge in [-0.15, -0.1) is 0 Å². The lowest BCUT2D eigenvalue weighted by atomic mass is 9.92. The van der Waals surface area contributed by atoms with Gasteiger partial charge in [-0.1, -0.05) is 35.3 Å². The predicted molar refractivity (Wildman–Crippen MR) is 108 cm³/mol. The molecule has 3 rings (SSSR count). The molecular weight excluding hydrogens is 401 g/mol. The number of hydrogen-bond donors (Lipinski definition) is 3. The zero-order valence-corrected chi connectivity index (χ0v) is 16.0. The van der Waals surface area contributed by atoms with Crippen molar-refractivity contribution >= 4 is 52.0 Å². The summed E-state index contributed by atoms with van der Waals surface area (Å²) in [5, 5.41) is 24.4. The molecule has 1 aliphatic heterocycles. The summed E-state index contributed by atoms with van der Waals surface area (Å²) in [5.41, 5.74) is 2.94. The molecule has 0 radical (unpaired) electrons. The first-order valence-corrected chi connectivity index (χ1v) is 9.09. The minimum atomic E-state index is -1.04. The molecule has 142 valence electrons. The number of benzene rings is 2. The van der Waals surface area contributed by atoms with E-state index < -0.39 is 17.9 Å². The van der Waals surface area contributed by atoms with Crippen LogP contribution in [0.15, 0.2) is 42.5 Å². The molecular formula is C20H15Cl2N3O3. The molecule has 0 aromatic heterocycles. The highest BCUT2D eigenvalue weighted by molar-refractivity contribution is 6.36. The van der Waals surface area contributed by atoms with Crippen LogP contribution in [0.5, 0.6) is 0 Å². The van der Waals surface area contributed by atoms with Gasteiger partial charge in [0.2, 0.25) is 5.91 Å². The van der Waals surface area contributed by atoms with Crippen molar-refractivity contribution in [3.63, 3.8) is 0 Å². The Morgan fingerprint density at radius 2 is 2.00 bits per heavy atom. The monoisotopic (exact) mass is 415 g/mol. The normalized spacial score (nSPS) is 16.6. The lowest BCUT2D eigenvalue weighted by Crippen LogP contribution is -2.33. The van der Waals surface area contributed by atoms with Crippen molar-refractivity contribution in [2.75, 3.05) is 10.6 Å². The molecule has 0 fully saturated rings. The van der Waals surface area contributed by atoms with Crippen molar-refractivity contribution in [1.29, 1.82) is 5.26 Å². The maximum absolute atomic E-state index is 12.5. The van der Waals surface area contributed by atoms with Crippen molar-refractivity contribution in [2.24, 2.45) is 0 Å². The second-order valence-corrected chi connectivity index (χ2v) is 7.08. The van der Waals surface area contributed by atoms with E-state index in [0.717, 1.165) is 5.56 Å². The Morgan fingerprint density at radius 1 is 1.29 bits per heavy atom. The molecule has 0 spiro atoms. The predicted octanol–water partition coefficient (Wildman–Crippen LogP) is 4.35. The quantitative estimate of drug-likeness (QED) is 0.644. The van der Waals surface area contributed by atoms with Crippen molar-refractivity contribution in [1.82, 2.24) is 0 Å². The van der Waals surface area contributed by atoms with Crippen LogP contribution in [0.25, 0.3) is 5.57 Å². The number of nitrogens with one attached hydrogen (secondary N) is 2. The van der Waals surface area contributed by atoms with E-state index in [0.29, 0.717) is 39.0 Å². The van der Waals surface area contributed by atoms with E-state index in [1.165, 1.54) is 6.08 Å². The van der Waals surface area contributed by atoms with Gasteiger partial charge in [-0.3, -0.25) is 4.79 Å². The van der Waals surface area contributed by atoms with E-state index in [2.05, 4.69) is 16.7 Å². The number of nitriles is 1. The topological polar surface area (TPSA) is 102 Å². The Labute approximate surface area is 171 Å². The number of carboxylic acid groups (broad SMARTS) is 1. The second kappa shape index (κ2) is 8.34. The van der Waals surface area contributed by atoms with Crippen molar-refractivity contribution < 1.29 is 14.7 Å². The first kappa shape index (κ1) is 19.7. The minimum absolute atomic E-state index is 0.0954. The Morgan fingerprint density at radius 3 is 2.64 bits per heavy atom. The van der Waals surface area contributed by atoms with Gasteiger partial charge in [-0.2, -0.15) is 5.26 Å². The Hall–Kier alpha value is -3.01. The van der Waals surface area contributed by atoms with E-state index >= 15 is 0 Å². The number of aliphatic carboxylic acids is 1. The average molecular weight is 416 g/mol. The van der Waals surface area contributed by atoms with E-state index in [1.54, 1.807) is 36.4 Å². The van der Waals surface area contributed by atoms with Crippen LogP contribution in [0.1, 0.15) is 17.5 Å². The highest BCUT2D eigenvalue weighted by Crippen LogP contribution is 2.40. The Balaban J connectivity index is 1.88. The molecule has 3 N–H and O–H groups in total. The summed E-state index contributed by atoms with van der Waals surface area (Å²) in [5.74, 6) is -1.45. The number of carbonyl (C=O) groups excluding carboxylic acids is 1. The maximum Gasteiger partial charge on any atom is 0.326 e. The molecule has 2 aromatic rings. The van der Waals surface area contributed by atoms with Crippen LogP contribution in [-0.2, 0) is 16.0 Å². The number of anilines is 2. The highest BCUT2D eigenvalue weighted by Gasteiger charge is 2.29. The zero-order valence-electron chi connectivity index (χ0n) is 14.5. The number of fused-ring (bicyclic) bond motifs is 1. The molecule has 1 amide bonds. The number of hydrogen-bond acceptors (Lipinski definition) is 4. The number of amides is 1. The Bertz CT molecular complexity index is 1010. The molecule has 0 saturated carbocycles. The molecule has 0 saturated heterocycles. The third kappa shape index (κ3) is 4.45. The standard InChI is InChI=1S/C20H15Cl2N3O3/c21-13-9-15(22)19-12(7-17(20(27)28)25-16(19)10-13)8-18(26)24-14-3-1-11(2-4-14)5-6-23/h1-4,8-10,17,25H,5,7H2,(H,24,26)(H,27,28)/b12-8+. The van der Waals surface area contributed by atoms with Crippen LogP contribution in [0.3, 0.4) is 0 Å². The summed E-state index contributed by atoms with van der Waals surface area (Å²) < 4.78 is 0. The van der Waals surface area contributed by atoms with Gasteiger partial charge < -0.3 is 15.7 Å². The molecule has 28 heavy (non-hydrogen) atoms. The summed E-state index contributed by atoms with van der Waals surface area (Å²) in [4.78, 5) is 23.9. The first-order chi connectivity index (χ1) is 13.4. The number of halogens is 2. The number of nitrogens with zero attached hydrogens (tertiary/aromatic N) is 1. The zero-order chi connectivity index (χ0) is 20.3. The van der Waals surface area contributed by atoms with Crippen LogP contribution >= 0.6 is 23.2 Å². The molecule has 2 aromatic carbocycles. The number of carbonyl (C=O) groups is 2. The summed E-state index contributed by atoms with van der Waals surface area (Å²) >= 11 is 12.3. The van der Waals surface area contributed by atoms with Gasteiger partial charge in [0.25, 0.3) is 0 Å².